The molecular weight excluding hydrogens is 418 g/mol. The number of hydrogen-bond acceptors (Lipinski definition) is 6. The number of benzene rings is 2. The Morgan fingerprint density at radius 1 is 1.42 bits per heavy atom. The normalized spacial score (nSPS) is 11.0. The third-order valence-electron chi connectivity index (χ3n) is 3.33. The molecular formula is C15H11BrClN3O3S. The zero-order valence-corrected chi connectivity index (χ0v) is 15.5. The van der Waals surface area contributed by atoms with Crippen molar-refractivity contribution in [3.63, 3.8) is 0 Å². The summed E-state index contributed by atoms with van der Waals surface area (Å²) in [6.45, 7) is 0.393. The minimum Gasteiger partial charge on any atom is -0.431 e. The number of hydrogen-bond donors (Lipinski definition) is 1. The Hall–Kier alpha value is -1.77. The zero-order valence-electron chi connectivity index (χ0n) is 12.4. The summed E-state index contributed by atoms with van der Waals surface area (Å²) >= 11 is 10.7. The number of halogens is 2. The first-order valence-electron chi connectivity index (χ1n) is 6.78. The number of nitro groups is 1. The van der Waals surface area contributed by atoms with Crippen LogP contribution in [0.2, 0.25) is 5.02 Å². The number of fused-ring (bicyclic) bond motifs is 1. The van der Waals surface area contributed by atoms with Gasteiger partial charge in [-0.25, -0.2) is 4.98 Å². The molecule has 124 valence electrons. The summed E-state index contributed by atoms with van der Waals surface area (Å²) in [7, 11) is 0. The van der Waals surface area contributed by atoms with Crippen molar-refractivity contribution in [3.8, 4) is 0 Å². The molecule has 2 aromatic carbocycles. The van der Waals surface area contributed by atoms with Gasteiger partial charge in [-0.15, -0.1) is 0 Å². The van der Waals surface area contributed by atoms with Gasteiger partial charge in [0.25, 0.3) is 10.9 Å². The monoisotopic (exact) mass is 427 g/mol. The number of nitrogens with zero attached hydrogens (tertiary/aromatic N) is 2. The molecule has 0 unspecified atom stereocenters. The van der Waals surface area contributed by atoms with E-state index in [1.165, 1.54) is 23.9 Å². The van der Waals surface area contributed by atoms with Crippen LogP contribution in [0, 0.1) is 10.1 Å². The Labute approximate surface area is 154 Å². The number of rotatable bonds is 5. The summed E-state index contributed by atoms with van der Waals surface area (Å²) in [5.74, 6) is 0. The third-order valence-corrected chi connectivity index (χ3v) is 5.05. The van der Waals surface area contributed by atoms with Gasteiger partial charge in [-0.2, -0.15) is 0 Å². The van der Waals surface area contributed by atoms with Crippen LogP contribution in [0.15, 0.2) is 44.4 Å². The Kier molecular flexibility index (Phi) is 4.98. The maximum absolute atomic E-state index is 11.2. The van der Waals surface area contributed by atoms with E-state index in [0.29, 0.717) is 32.5 Å². The maximum atomic E-state index is 11.2. The van der Waals surface area contributed by atoms with Crippen LogP contribution < -0.4 is 5.32 Å². The van der Waals surface area contributed by atoms with Crippen molar-refractivity contribution in [3.05, 3.63) is 55.5 Å². The second kappa shape index (κ2) is 7.00. The predicted molar refractivity (Wildman–Crippen MR) is 98.9 cm³/mol. The summed E-state index contributed by atoms with van der Waals surface area (Å²) in [6, 6.07) is 8.53. The quantitative estimate of drug-likeness (QED) is 0.329. The van der Waals surface area contributed by atoms with Gasteiger partial charge < -0.3 is 9.73 Å². The smallest absolute Gasteiger partial charge is 0.293 e. The molecule has 24 heavy (non-hydrogen) atoms. The fourth-order valence-electron chi connectivity index (χ4n) is 2.17. The lowest BCUT2D eigenvalue weighted by Gasteiger charge is -2.08. The van der Waals surface area contributed by atoms with Crippen molar-refractivity contribution >= 4 is 61.8 Å². The molecule has 6 nitrogen and oxygen atoms in total. The summed E-state index contributed by atoms with van der Waals surface area (Å²) in [5.41, 5.74) is 2.69. The van der Waals surface area contributed by atoms with Gasteiger partial charge in [0.1, 0.15) is 11.2 Å². The van der Waals surface area contributed by atoms with Gasteiger partial charge >= 0.3 is 0 Å². The second-order valence-electron chi connectivity index (χ2n) is 4.88. The molecule has 0 bridgehead atoms. The molecule has 0 aliphatic heterocycles. The van der Waals surface area contributed by atoms with Gasteiger partial charge in [-0.3, -0.25) is 10.1 Å². The molecule has 0 aliphatic carbocycles. The molecule has 0 saturated heterocycles. The van der Waals surface area contributed by atoms with Gasteiger partial charge in [0, 0.05) is 17.1 Å². The van der Waals surface area contributed by atoms with Crippen LogP contribution in [0.4, 0.5) is 11.4 Å². The Morgan fingerprint density at radius 3 is 2.92 bits per heavy atom. The van der Waals surface area contributed by atoms with E-state index in [9.17, 15) is 10.1 Å². The lowest BCUT2D eigenvalue weighted by molar-refractivity contribution is -0.384. The highest BCUT2D eigenvalue weighted by atomic mass is 79.9. The van der Waals surface area contributed by atoms with E-state index in [-0.39, 0.29) is 5.69 Å². The lowest BCUT2D eigenvalue weighted by Crippen LogP contribution is -2.03. The van der Waals surface area contributed by atoms with Crippen LogP contribution in [-0.4, -0.2) is 16.2 Å². The number of thioether (sulfide) groups is 1. The van der Waals surface area contributed by atoms with Crippen LogP contribution in [0.25, 0.3) is 11.1 Å². The standard InChI is InChI=1S/C15H11BrClN3O3S/c1-24-15-19-11-3-2-8(4-14(11)23-15)7-18-12-6-10(17)9(16)5-13(12)20(21)22/h2-6,18H,7H2,1H3. The largest absolute Gasteiger partial charge is 0.431 e. The highest BCUT2D eigenvalue weighted by Crippen LogP contribution is 2.34. The second-order valence-corrected chi connectivity index (χ2v) is 6.90. The first kappa shape index (κ1) is 17.1. The average molecular weight is 429 g/mol. The number of nitrogens with one attached hydrogen (secondary N) is 1. The summed E-state index contributed by atoms with van der Waals surface area (Å²) < 4.78 is 6.08. The van der Waals surface area contributed by atoms with Crippen LogP contribution in [0.1, 0.15) is 5.56 Å². The molecule has 0 radical (unpaired) electrons. The van der Waals surface area contributed by atoms with Crippen molar-refractivity contribution < 1.29 is 9.34 Å². The number of nitro benzene ring substituents is 1. The molecule has 1 aromatic heterocycles. The Bertz CT molecular complexity index is 932. The zero-order chi connectivity index (χ0) is 17.3. The van der Waals surface area contributed by atoms with Crippen molar-refractivity contribution in [2.24, 2.45) is 0 Å². The van der Waals surface area contributed by atoms with Gasteiger partial charge in [-0.05, 0) is 45.9 Å². The summed E-state index contributed by atoms with van der Waals surface area (Å²) in [6.07, 6.45) is 1.89. The van der Waals surface area contributed by atoms with Gasteiger partial charge in [0.15, 0.2) is 5.58 Å². The molecule has 0 fully saturated rings. The van der Waals surface area contributed by atoms with Crippen LogP contribution >= 0.6 is 39.3 Å². The highest BCUT2D eigenvalue weighted by molar-refractivity contribution is 9.10. The Balaban J connectivity index is 1.85. The number of aromatic nitrogens is 1. The van der Waals surface area contributed by atoms with Crippen molar-refractivity contribution in [2.45, 2.75) is 11.8 Å². The average Bonchev–Trinajstić information content (AvgIpc) is 2.97. The molecule has 1 N–H and O–H groups in total. The molecule has 0 saturated carbocycles. The van der Waals surface area contributed by atoms with Gasteiger partial charge in [-0.1, -0.05) is 29.4 Å². The van der Waals surface area contributed by atoms with E-state index in [1.54, 1.807) is 0 Å². The molecule has 0 atom stereocenters. The minimum absolute atomic E-state index is 0.0447. The van der Waals surface area contributed by atoms with Crippen molar-refractivity contribution in [1.82, 2.24) is 4.98 Å². The van der Waals surface area contributed by atoms with E-state index in [2.05, 4.69) is 26.2 Å². The summed E-state index contributed by atoms with van der Waals surface area (Å²) in [4.78, 5) is 15.0. The Morgan fingerprint density at radius 2 is 2.21 bits per heavy atom. The molecule has 0 spiro atoms. The fraction of sp³-hybridized carbons (Fsp3) is 0.133. The van der Waals surface area contributed by atoms with E-state index in [4.69, 9.17) is 16.0 Å². The molecule has 1 heterocycles. The van der Waals surface area contributed by atoms with Gasteiger partial charge in [0.05, 0.1) is 9.95 Å². The first-order chi connectivity index (χ1) is 11.5. The molecule has 0 aliphatic rings. The van der Waals surface area contributed by atoms with E-state index in [0.717, 1.165) is 11.1 Å². The highest BCUT2D eigenvalue weighted by Gasteiger charge is 2.16. The fourth-order valence-corrected chi connectivity index (χ4v) is 3.03. The third kappa shape index (κ3) is 3.50. The SMILES string of the molecule is CSc1nc2ccc(CNc3cc(Cl)c(Br)cc3[N+](=O)[O-])cc2o1. The maximum Gasteiger partial charge on any atom is 0.293 e. The van der Waals surface area contributed by atoms with Crippen LogP contribution in [0.3, 0.4) is 0 Å². The minimum atomic E-state index is -0.451. The van der Waals surface area contributed by atoms with E-state index >= 15 is 0 Å². The van der Waals surface area contributed by atoms with Crippen molar-refractivity contribution in [2.75, 3.05) is 11.6 Å². The number of anilines is 1. The van der Waals surface area contributed by atoms with E-state index < -0.39 is 4.92 Å². The summed E-state index contributed by atoms with van der Waals surface area (Å²) in [5, 5.41) is 15.2. The lowest BCUT2D eigenvalue weighted by atomic mass is 10.2. The number of oxazole rings is 1. The molecule has 3 rings (SSSR count). The van der Waals surface area contributed by atoms with Crippen molar-refractivity contribution in [1.29, 1.82) is 0 Å². The van der Waals surface area contributed by atoms with Crippen LogP contribution in [-0.2, 0) is 6.54 Å². The molecule has 3 aromatic rings. The topological polar surface area (TPSA) is 81.2 Å². The van der Waals surface area contributed by atoms with Crippen LogP contribution in [0.5, 0.6) is 0 Å². The molecule has 9 heteroatoms. The van der Waals surface area contributed by atoms with Gasteiger partial charge in [0.2, 0.25) is 0 Å². The molecule has 0 amide bonds. The van der Waals surface area contributed by atoms with E-state index in [1.807, 2.05) is 24.5 Å². The predicted octanol–water partition coefficient (Wildman–Crippen LogP) is 5.49. The first-order valence-corrected chi connectivity index (χ1v) is 9.18.